The lowest BCUT2D eigenvalue weighted by molar-refractivity contribution is 0.0680. The van der Waals surface area contributed by atoms with Gasteiger partial charge in [0.1, 0.15) is 0 Å². The monoisotopic (exact) mass is 373 g/mol. The molecule has 0 aliphatic rings. The Hall–Kier alpha value is -3.13. The van der Waals surface area contributed by atoms with Gasteiger partial charge in [0, 0.05) is 23.8 Å². The molecule has 0 spiro atoms. The molecular formula is C17H16ClN5O3. The highest BCUT2D eigenvalue weighted by atomic mass is 35.5. The summed E-state index contributed by atoms with van der Waals surface area (Å²) < 4.78 is 2.86. The van der Waals surface area contributed by atoms with Crippen molar-refractivity contribution in [3.8, 4) is 0 Å². The molecule has 0 atom stereocenters. The number of carboxylic acids is 1. The zero-order valence-electron chi connectivity index (χ0n) is 14.1. The van der Waals surface area contributed by atoms with E-state index < -0.39 is 11.9 Å². The normalized spacial score (nSPS) is 10.7. The van der Waals surface area contributed by atoms with Gasteiger partial charge in [-0.2, -0.15) is 10.2 Å². The van der Waals surface area contributed by atoms with E-state index in [1.807, 2.05) is 25.1 Å². The lowest BCUT2D eigenvalue weighted by Crippen LogP contribution is -2.17. The Bertz CT molecular complexity index is 992. The van der Waals surface area contributed by atoms with Crippen LogP contribution in [-0.4, -0.2) is 36.5 Å². The first-order chi connectivity index (χ1) is 12.3. The van der Waals surface area contributed by atoms with E-state index >= 15 is 0 Å². The van der Waals surface area contributed by atoms with Crippen molar-refractivity contribution in [2.24, 2.45) is 7.05 Å². The molecule has 134 valence electrons. The number of aromatic nitrogens is 4. The summed E-state index contributed by atoms with van der Waals surface area (Å²) >= 11 is 5.99. The highest BCUT2D eigenvalue weighted by Crippen LogP contribution is 2.16. The average molecular weight is 374 g/mol. The fourth-order valence-corrected chi connectivity index (χ4v) is 2.79. The molecule has 2 N–H and O–H groups in total. The number of aryl methyl sites for hydroxylation is 2. The van der Waals surface area contributed by atoms with Crippen molar-refractivity contribution < 1.29 is 14.7 Å². The van der Waals surface area contributed by atoms with Gasteiger partial charge in [0.25, 0.3) is 5.91 Å². The predicted octanol–water partition coefficient (Wildman–Crippen LogP) is 2.58. The second-order valence-electron chi connectivity index (χ2n) is 5.75. The van der Waals surface area contributed by atoms with Crippen LogP contribution in [0.5, 0.6) is 0 Å². The SMILES string of the molecule is Cc1cc(NC(=O)c2cnn(C)c2C(=O)O)nn1Cc1cccc(Cl)c1. The fraction of sp³-hybridized carbons (Fsp3) is 0.176. The van der Waals surface area contributed by atoms with Gasteiger partial charge in [0.05, 0.1) is 18.3 Å². The molecule has 0 aliphatic carbocycles. The minimum atomic E-state index is -1.22. The lowest BCUT2D eigenvalue weighted by atomic mass is 10.2. The predicted molar refractivity (Wildman–Crippen MR) is 95.6 cm³/mol. The summed E-state index contributed by atoms with van der Waals surface area (Å²) in [5, 5.41) is 20.6. The molecule has 0 bridgehead atoms. The molecule has 26 heavy (non-hydrogen) atoms. The number of halogens is 1. The first-order valence-corrected chi connectivity index (χ1v) is 8.08. The maximum absolute atomic E-state index is 12.4. The molecule has 0 saturated heterocycles. The lowest BCUT2D eigenvalue weighted by Gasteiger charge is -2.05. The Labute approximate surface area is 154 Å². The van der Waals surface area contributed by atoms with Gasteiger partial charge in [0.2, 0.25) is 0 Å². The quantitative estimate of drug-likeness (QED) is 0.715. The number of carbonyl (C=O) groups excluding carboxylic acids is 1. The maximum Gasteiger partial charge on any atom is 0.354 e. The molecule has 0 saturated carbocycles. The van der Waals surface area contributed by atoms with Crippen molar-refractivity contribution in [1.29, 1.82) is 0 Å². The molecule has 1 aromatic carbocycles. The van der Waals surface area contributed by atoms with Gasteiger partial charge in [-0.15, -0.1) is 0 Å². The van der Waals surface area contributed by atoms with Gasteiger partial charge in [0.15, 0.2) is 11.5 Å². The Kier molecular flexibility index (Phi) is 4.77. The van der Waals surface area contributed by atoms with E-state index in [2.05, 4.69) is 15.5 Å². The molecule has 2 heterocycles. The summed E-state index contributed by atoms with van der Waals surface area (Å²) in [5.74, 6) is -1.48. The number of carbonyl (C=O) groups is 2. The average Bonchev–Trinajstić information content (AvgIpc) is 3.10. The van der Waals surface area contributed by atoms with Crippen LogP contribution in [0, 0.1) is 6.92 Å². The molecule has 3 aromatic rings. The number of anilines is 1. The summed E-state index contributed by atoms with van der Waals surface area (Å²) in [6.07, 6.45) is 1.22. The van der Waals surface area contributed by atoms with Crippen LogP contribution in [-0.2, 0) is 13.6 Å². The zero-order valence-corrected chi connectivity index (χ0v) is 14.9. The van der Waals surface area contributed by atoms with Crippen molar-refractivity contribution in [2.75, 3.05) is 5.32 Å². The van der Waals surface area contributed by atoms with Crippen LogP contribution in [0.25, 0.3) is 0 Å². The van der Waals surface area contributed by atoms with Crippen LogP contribution < -0.4 is 5.32 Å². The van der Waals surface area contributed by atoms with Crippen LogP contribution in [0.15, 0.2) is 36.5 Å². The summed E-state index contributed by atoms with van der Waals surface area (Å²) in [7, 11) is 1.46. The number of carboxylic acid groups (broad SMARTS) is 1. The minimum absolute atomic E-state index is 0.0259. The van der Waals surface area contributed by atoms with E-state index in [-0.39, 0.29) is 11.3 Å². The van der Waals surface area contributed by atoms with Gasteiger partial charge >= 0.3 is 5.97 Å². The zero-order chi connectivity index (χ0) is 18.8. The second kappa shape index (κ2) is 7.01. The standard InChI is InChI=1S/C17H16ClN5O3/c1-10-6-14(21-23(10)9-11-4-3-5-12(18)7-11)20-16(24)13-8-19-22(2)15(13)17(25)26/h3-8H,9H2,1-2H3,(H,25,26)(H,20,21,24). The Morgan fingerprint density at radius 2 is 2.08 bits per heavy atom. The number of nitrogens with one attached hydrogen (secondary N) is 1. The Balaban J connectivity index is 1.79. The number of rotatable bonds is 5. The smallest absolute Gasteiger partial charge is 0.354 e. The summed E-state index contributed by atoms with van der Waals surface area (Å²) in [6.45, 7) is 2.36. The van der Waals surface area contributed by atoms with E-state index in [4.69, 9.17) is 11.6 Å². The molecule has 0 fully saturated rings. The third-order valence-corrected chi connectivity index (χ3v) is 4.07. The molecular weight excluding hydrogens is 358 g/mol. The number of aromatic carboxylic acids is 1. The van der Waals surface area contributed by atoms with E-state index in [9.17, 15) is 14.7 Å². The molecule has 3 rings (SSSR count). The highest BCUT2D eigenvalue weighted by molar-refractivity contribution is 6.30. The molecule has 1 amide bonds. The second-order valence-corrected chi connectivity index (χ2v) is 6.18. The summed E-state index contributed by atoms with van der Waals surface area (Å²) in [5.41, 5.74) is 1.60. The van der Waals surface area contributed by atoms with Crippen LogP contribution in [0.4, 0.5) is 5.82 Å². The number of hydrogen-bond acceptors (Lipinski definition) is 4. The Morgan fingerprint density at radius 3 is 2.77 bits per heavy atom. The van der Waals surface area contributed by atoms with Crippen molar-refractivity contribution in [2.45, 2.75) is 13.5 Å². The van der Waals surface area contributed by atoms with Gasteiger partial charge in [-0.05, 0) is 24.6 Å². The summed E-state index contributed by atoms with van der Waals surface area (Å²) in [4.78, 5) is 23.7. The summed E-state index contributed by atoms with van der Waals surface area (Å²) in [6, 6.07) is 9.13. The topological polar surface area (TPSA) is 102 Å². The molecule has 8 nitrogen and oxygen atoms in total. The molecule has 0 radical (unpaired) electrons. The van der Waals surface area contributed by atoms with Gasteiger partial charge in [-0.1, -0.05) is 23.7 Å². The van der Waals surface area contributed by atoms with E-state index in [0.29, 0.717) is 17.4 Å². The number of nitrogens with zero attached hydrogens (tertiary/aromatic N) is 4. The van der Waals surface area contributed by atoms with Crippen molar-refractivity contribution in [3.05, 3.63) is 64.1 Å². The van der Waals surface area contributed by atoms with E-state index in [1.54, 1.807) is 16.8 Å². The van der Waals surface area contributed by atoms with E-state index in [0.717, 1.165) is 15.9 Å². The van der Waals surface area contributed by atoms with Gasteiger partial charge < -0.3 is 10.4 Å². The largest absolute Gasteiger partial charge is 0.477 e. The first-order valence-electron chi connectivity index (χ1n) is 7.70. The highest BCUT2D eigenvalue weighted by Gasteiger charge is 2.22. The minimum Gasteiger partial charge on any atom is -0.477 e. The molecule has 0 aliphatic heterocycles. The molecule has 0 unspecified atom stereocenters. The van der Waals surface area contributed by atoms with Crippen LogP contribution >= 0.6 is 11.6 Å². The maximum atomic E-state index is 12.4. The first kappa shape index (κ1) is 17.7. The number of benzene rings is 1. The third-order valence-electron chi connectivity index (χ3n) is 3.83. The number of hydrogen-bond donors (Lipinski definition) is 2. The van der Waals surface area contributed by atoms with Crippen molar-refractivity contribution in [3.63, 3.8) is 0 Å². The molecule has 2 aromatic heterocycles. The fourth-order valence-electron chi connectivity index (χ4n) is 2.58. The van der Waals surface area contributed by atoms with Crippen molar-refractivity contribution >= 4 is 29.3 Å². The Morgan fingerprint density at radius 1 is 1.31 bits per heavy atom. The van der Waals surface area contributed by atoms with E-state index in [1.165, 1.54) is 13.2 Å². The van der Waals surface area contributed by atoms with Crippen LogP contribution in [0.2, 0.25) is 5.02 Å². The van der Waals surface area contributed by atoms with Gasteiger partial charge in [-0.3, -0.25) is 14.2 Å². The van der Waals surface area contributed by atoms with Crippen molar-refractivity contribution in [1.82, 2.24) is 19.6 Å². The van der Waals surface area contributed by atoms with Crippen LogP contribution in [0.3, 0.4) is 0 Å². The van der Waals surface area contributed by atoms with Crippen LogP contribution in [0.1, 0.15) is 32.1 Å². The third kappa shape index (κ3) is 3.60. The van der Waals surface area contributed by atoms with Gasteiger partial charge in [-0.25, -0.2) is 4.79 Å². The number of amides is 1. The molecule has 9 heteroatoms.